The average molecular weight is 647 g/mol. The van der Waals surface area contributed by atoms with Gasteiger partial charge in [0.1, 0.15) is 23.2 Å². The number of rotatable bonds is 14. The van der Waals surface area contributed by atoms with Crippen LogP contribution < -0.4 is 4.43 Å². The molecular formula is C31H46N4O7SSi. The second-order valence-corrected chi connectivity index (χ2v) is 19.2. The SMILES string of the molecule is C[C@@H](COS(C)(=O)=O)OCCOCCn1cc(-c2nn(C3CCCCO3)c3ccc(O[Si](C)(C)C(C)(C)C)cc23)cc1C#N. The van der Waals surface area contributed by atoms with Crippen LogP contribution >= 0.6 is 0 Å². The molecule has 242 valence electrons. The van der Waals surface area contributed by atoms with Crippen LogP contribution in [0.2, 0.25) is 18.1 Å². The van der Waals surface area contributed by atoms with Gasteiger partial charge in [-0.25, -0.2) is 4.68 Å². The summed E-state index contributed by atoms with van der Waals surface area (Å²) >= 11 is 0. The van der Waals surface area contributed by atoms with Crippen molar-refractivity contribution < 1.29 is 31.2 Å². The van der Waals surface area contributed by atoms with Crippen molar-refractivity contribution in [2.75, 3.05) is 39.3 Å². The molecule has 3 aromatic rings. The first kappa shape index (κ1) is 34.1. The lowest BCUT2D eigenvalue weighted by atomic mass is 10.1. The lowest BCUT2D eigenvalue weighted by molar-refractivity contribution is -0.0365. The third-order valence-electron chi connectivity index (χ3n) is 8.19. The highest BCUT2D eigenvalue weighted by molar-refractivity contribution is 7.85. The zero-order valence-corrected chi connectivity index (χ0v) is 28.8. The van der Waals surface area contributed by atoms with Crippen molar-refractivity contribution in [2.45, 2.75) is 84.0 Å². The van der Waals surface area contributed by atoms with E-state index in [2.05, 4.69) is 52.1 Å². The minimum atomic E-state index is -3.50. The Kier molecular flexibility index (Phi) is 11.0. The third kappa shape index (κ3) is 8.71. The van der Waals surface area contributed by atoms with Gasteiger partial charge >= 0.3 is 0 Å². The summed E-state index contributed by atoms with van der Waals surface area (Å²) in [6, 6.07) is 10.3. The minimum absolute atomic E-state index is 0.0439. The Balaban J connectivity index is 1.51. The van der Waals surface area contributed by atoms with Crippen molar-refractivity contribution in [2.24, 2.45) is 0 Å². The second-order valence-electron chi connectivity index (χ2n) is 12.9. The van der Waals surface area contributed by atoms with E-state index < -0.39 is 18.4 Å². The van der Waals surface area contributed by atoms with E-state index in [1.54, 1.807) is 6.92 Å². The highest BCUT2D eigenvalue weighted by atomic mass is 32.2. The van der Waals surface area contributed by atoms with E-state index in [1.807, 2.05) is 27.6 Å². The van der Waals surface area contributed by atoms with Crippen molar-refractivity contribution in [1.29, 1.82) is 5.26 Å². The van der Waals surface area contributed by atoms with Gasteiger partial charge in [-0.1, -0.05) is 20.8 Å². The number of benzene rings is 1. The summed E-state index contributed by atoms with van der Waals surface area (Å²) in [4.78, 5) is 0. The van der Waals surface area contributed by atoms with Crippen LogP contribution in [0.5, 0.6) is 5.75 Å². The molecule has 2 atom stereocenters. The first-order valence-corrected chi connectivity index (χ1v) is 19.9. The fraction of sp³-hybridized carbons (Fsp3) is 0.613. The van der Waals surface area contributed by atoms with E-state index in [0.717, 1.165) is 53.4 Å². The molecule has 1 fully saturated rings. The molecule has 1 aliphatic rings. The Labute approximate surface area is 262 Å². The number of hydrogen-bond acceptors (Lipinski definition) is 9. The maximum atomic E-state index is 11.1. The predicted octanol–water partition coefficient (Wildman–Crippen LogP) is 5.86. The van der Waals surface area contributed by atoms with Gasteiger partial charge in [0.2, 0.25) is 8.32 Å². The molecule has 0 radical (unpaired) electrons. The van der Waals surface area contributed by atoms with Gasteiger partial charge in [0.05, 0.1) is 44.3 Å². The van der Waals surface area contributed by atoms with Crippen molar-refractivity contribution in [1.82, 2.24) is 14.3 Å². The summed E-state index contributed by atoms with van der Waals surface area (Å²) in [5, 5.41) is 16.0. The molecule has 2 aromatic heterocycles. The molecule has 1 unspecified atom stereocenters. The molecule has 13 heteroatoms. The maximum absolute atomic E-state index is 11.1. The predicted molar refractivity (Wildman–Crippen MR) is 172 cm³/mol. The van der Waals surface area contributed by atoms with Gasteiger partial charge in [0.25, 0.3) is 10.1 Å². The molecule has 0 saturated carbocycles. The molecule has 1 saturated heterocycles. The van der Waals surface area contributed by atoms with E-state index in [-0.39, 0.29) is 24.0 Å². The molecule has 3 heterocycles. The van der Waals surface area contributed by atoms with E-state index in [1.165, 1.54) is 0 Å². The van der Waals surface area contributed by atoms with Crippen molar-refractivity contribution in [3.8, 4) is 23.1 Å². The number of nitriles is 1. The average Bonchev–Trinajstić information content (AvgIpc) is 3.54. The zero-order valence-electron chi connectivity index (χ0n) is 27.0. The summed E-state index contributed by atoms with van der Waals surface area (Å²) in [5.41, 5.74) is 3.11. The van der Waals surface area contributed by atoms with Crippen molar-refractivity contribution in [3.63, 3.8) is 0 Å². The van der Waals surface area contributed by atoms with Gasteiger partial charge in [0.15, 0.2) is 6.23 Å². The molecule has 4 rings (SSSR count). The Bertz CT molecular complexity index is 1560. The lowest BCUT2D eigenvalue weighted by Gasteiger charge is -2.36. The summed E-state index contributed by atoms with van der Waals surface area (Å²) in [6.07, 6.45) is 5.46. The monoisotopic (exact) mass is 646 g/mol. The zero-order chi connectivity index (χ0) is 32.1. The number of ether oxygens (including phenoxy) is 3. The van der Waals surface area contributed by atoms with E-state index in [9.17, 15) is 13.7 Å². The molecule has 0 spiro atoms. The Morgan fingerprint density at radius 1 is 1.18 bits per heavy atom. The second kappa shape index (κ2) is 14.1. The van der Waals surface area contributed by atoms with Crippen LogP contribution in [0, 0.1) is 11.3 Å². The molecule has 0 amide bonds. The smallest absolute Gasteiger partial charge is 0.264 e. The Hall–Kier alpha value is -2.73. The number of hydrogen-bond donors (Lipinski definition) is 0. The quantitative estimate of drug-likeness (QED) is 0.120. The Morgan fingerprint density at radius 3 is 2.61 bits per heavy atom. The van der Waals surface area contributed by atoms with E-state index >= 15 is 0 Å². The summed E-state index contributed by atoms with van der Waals surface area (Å²) in [6.45, 7) is 15.0. The first-order chi connectivity index (χ1) is 20.7. The molecule has 0 N–H and O–H groups in total. The Morgan fingerprint density at radius 2 is 1.95 bits per heavy atom. The van der Waals surface area contributed by atoms with Gasteiger partial charge in [0, 0.05) is 30.3 Å². The maximum Gasteiger partial charge on any atom is 0.264 e. The molecule has 0 aliphatic carbocycles. The van der Waals surface area contributed by atoms with Crippen LogP contribution in [0.15, 0.2) is 30.5 Å². The topological polar surface area (TPSA) is 127 Å². The largest absolute Gasteiger partial charge is 0.543 e. The number of fused-ring (bicyclic) bond motifs is 1. The summed E-state index contributed by atoms with van der Waals surface area (Å²) < 4.78 is 54.9. The van der Waals surface area contributed by atoms with E-state index in [4.69, 9.17) is 27.9 Å². The summed E-state index contributed by atoms with van der Waals surface area (Å²) in [7, 11) is -5.56. The molecule has 0 bridgehead atoms. The van der Waals surface area contributed by atoms with Crippen LogP contribution in [0.4, 0.5) is 0 Å². The van der Waals surface area contributed by atoms with Gasteiger partial charge in [-0.2, -0.15) is 18.8 Å². The fourth-order valence-electron chi connectivity index (χ4n) is 4.74. The standard InChI is InChI=1S/C31H46N4O7SSi/c1-23(22-41-43(5,36)37)39-17-16-38-15-13-34-21-24(18-25(34)20-32)30-27-19-26(42-44(6,7)31(2,3)4)11-12-28(27)35(33-30)29-10-8-9-14-40-29/h11-12,18-19,21,23,29H,8-10,13-17,22H2,1-7H3/t23-,29?/m0/s1. The van der Waals surface area contributed by atoms with E-state index in [0.29, 0.717) is 38.7 Å². The number of aromatic nitrogens is 3. The third-order valence-corrected chi connectivity index (χ3v) is 13.1. The van der Waals surface area contributed by atoms with Gasteiger partial charge in [-0.3, -0.25) is 4.18 Å². The van der Waals surface area contributed by atoms with Crippen LogP contribution in [-0.4, -0.2) is 76.5 Å². The molecule has 44 heavy (non-hydrogen) atoms. The highest BCUT2D eigenvalue weighted by Crippen LogP contribution is 2.40. The summed E-state index contributed by atoms with van der Waals surface area (Å²) in [5.74, 6) is 0.821. The van der Waals surface area contributed by atoms with Gasteiger partial charge < -0.3 is 23.2 Å². The lowest BCUT2D eigenvalue weighted by Crippen LogP contribution is -2.43. The normalized spacial score (nSPS) is 17.1. The molecule has 11 nitrogen and oxygen atoms in total. The van der Waals surface area contributed by atoms with Crippen LogP contribution in [0.3, 0.4) is 0 Å². The number of nitrogens with zero attached hydrogens (tertiary/aromatic N) is 4. The first-order valence-electron chi connectivity index (χ1n) is 15.2. The fourth-order valence-corrected chi connectivity index (χ4v) is 6.20. The molecular weight excluding hydrogens is 601 g/mol. The molecule has 1 aliphatic heterocycles. The van der Waals surface area contributed by atoms with Crippen molar-refractivity contribution in [3.05, 3.63) is 36.2 Å². The van der Waals surface area contributed by atoms with Crippen molar-refractivity contribution >= 4 is 29.3 Å². The highest BCUT2D eigenvalue weighted by Gasteiger charge is 2.39. The minimum Gasteiger partial charge on any atom is -0.543 e. The van der Waals surface area contributed by atoms with Gasteiger partial charge in [-0.05, 0) is 68.6 Å². The van der Waals surface area contributed by atoms with Crippen LogP contribution in [0.1, 0.15) is 58.9 Å². The van der Waals surface area contributed by atoms with Crippen LogP contribution in [0.25, 0.3) is 22.2 Å². The van der Waals surface area contributed by atoms with Crippen LogP contribution in [-0.2, 0) is 35.1 Å². The molecule has 1 aromatic carbocycles. The van der Waals surface area contributed by atoms with Gasteiger partial charge in [-0.15, -0.1) is 0 Å².